The maximum absolute atomic E-state index is 13.2. The molecule has 0 bridgehead atoms. The van der Waals surface area contributed by atoms with Crippen molar-refractivity contribution in [2.75, 3.05) is 25.6 Å². The number of ether oxygens (including phenoxy) is 2. The summed E-state index contributed by atoms with van der Waals surface area (Å²) in [5, 5.41) is 4.33. The summed E-state index contributed by atoms with van der Waals surface area (Å²) in [6.45, 7) is 13.8. The minimum atomic E-state index is -0.170. The number of aryl methyl sites for hydroxylation is 1. The molecule has 0 aliphatic rings. The van der Waals surface area contributed by atoms with Crippen molar-refractivity contribution in [3.8, 4) is 11.5 Å². The fourth-order valence-electron chi connectivity index (χ4n) is 3.55. The van der Waals surface area contributed by atoms with Crippen molar-refractivity contribution in [1.29, 1.82) is 0 Å². The number of nitrogens with one attached hydrogen (secondary N) is 1. The molecular formula is C27H38N2O3. The van der Waals surface area contributed by atoms with Gasteiger partial charge in [0.15, 0.2) is 5.75 Å². The Kier molecular flexibility index (Phi) is 10.1. The predicted octanol–water partition coefficient (Wildman–Crippen LogP) is 6.48. The number of unbranched alkanes of at least 4 members (excludes halogenated alkanes) is 1. The van der Waals surface area contributed by atoms with Crippen molar-refractivity contribution < 1.29 is 9.47 Å². The Morgan fingerprint density at radius 2 is 1.97 bits per heavy atom. The van der Waals surface area contributed by atoms with Gasteiger partial charge in [-0.15, -0.1) is 0 Å². The summed E-state index contributed by atoms with van der Waals surface area (Å²) in [5.41, 5.74) is 4.37. The van der Waals surface area contributed by atoms with E-state index in [1.807, 2.05) is 18.2 Å². The molecule has 2 aromatic rings. The molecule has 0 spiro atoms. The smallest absolute Gasteiger partial charge is 0.297 e. The summed E-state index contributed by atoms with van der Waals surface area (Å²) in [5.74, 6) is 0.716. The fraction of sp³-hybridized carbons (Fsp3) is 0.444. The lowest BCUT2D eigenvalue weighted by Crippen LogP contribution is -2.23. The molecule has 1 heterocycles. The highest BCUT2D eigenvalue weighted by atomic mass is 16.5. The quantitative estimate of drug-likeness (QED) is 0.364. The maximum atomic E-state index is 13.2. The number of benzene rings is 1. The number of hydrogen-bond acceptors (Lipinski definition) is 4. The maximum Gasteiger partial charge on any atom is 0.297 e. The van der Waals surface area contributed by atoms with Gasteiger partial charge in [-0.05, 0) is 58.2 Å². The summed E-state index contributed by atoms with van der Waals surface area (Å²) < 4.78 is 13.1. The van der Waals surface area contributed by atoms with E-state index in [0.717, 1.165) is 48.8 Å². The Morgan fingerprint density at radius 3 is 2.62 bits per heavy atom. The van der Waals surface area contributed by atoms with Crippen LogP contribution in [0.15, 0.2) is 58.9 Å². The molecule has 174 valence electrons. The van der Waals surface area contributed by atoms with E-state index in [9.17, 15) is 4.79 Å². The zero-order valence-corrected chi connectivity index (χ0v) is 20.3. The summed E-state index contributed by atoms with van der Waals surface area (Å²) in [4.78, 5) is 13.2. The topological polar surface area (TPSA) is 52.5 Å². The monoisotopic (exact) mass is 438 g/mol. The van der Waals surface area contributed by atoms with E-state index in [2.05, 4.69) is 51.7 Å². The molecular weight excluding hydrogens is 400 g/mol. The van der Waals surface area contributed by atoms with Gasteiger partial charge >= 0.3 is 0 Å². The number of rotatable bonds is 13. The van der Waals surface area contributed by atoms with Crippen molar-refractivity contribution in [1.82, 2.24) is 4.57 Å². The lowest BCUT2D eigenvalue weighted by atomic mass is 10.1. The van der Waals surface area contributed by atoms with E-state index < -0.39 is 0 Å². The average molecular weight is 439 g/mol. The van der Waals surface area contributed by atoms with Gasteiger partial charge in [0, 0.05) is 24.2 Å². The molecule has 0 aliphatic heterocycles. The predicted molar refractivity (Wildman–Crippen MR) is 136 cm³/mol. The Hall–Kier alpha value is -2.95. The molecule has 2 rings (SSSR count). The number of nitrogens with zero attached hydrogens (tertiary/aromatic N) is 1. The molecule has 1 N–H and O–H groups in total. The molecule has 0 atom stereocenters. The largest absolute Gasteiger partial charge is 0.492 e. The molecule has 0 unspecified atom stereocenters. The molecule has 0 aliphatic carbocycles. The Morgan fingerprint density at radius 1 is 1.19 bits per heavy atom. The van der Waals surface area contributed by atoms with E-state index in [-0.39, 0.29) is 17.9 Å². The SMILES string of the molecule is C=CCOc1c(OC)c2ccc(NCC=C(C)CCC=C(C)C)cc2n(CCCC)c1=O. The average Bonchev–Trinajstić information content (AvgIpc) is 2.76. The first-order valence-electron chi connectivity index (χ1n) is 11.4. The molecule has 5 heteroatoms. The van der Waals surface area contributed by atoms with Crippen LogP contribution >= 0.6 is 0 Å². The Labute approximate surface area is 192 Å². The van der Waals surface area contributed by atoms with Gasteiger partial charge in [0.05, 0.1) is 12.6 Å². The molecule has 5 nitrogen and oxygen atoms in total. The van der Waals surface area contributed by atoms with Crippen LogP contribution in [0, 0.1) is 0 Å². The minimum absolute atomic E-state index is 0.170. The van der Waals surface area contributed by atoms with Crippen LogP contribution in [0.4, 0.5) is 5.69 Å². The molecule has 0 saturated carbocycles. The van der Waals surface area contributed by atoms with Crippen LogP contribution in [0.5, 0.6) is 11.5 Å². The second kappa shape index (κ2) is 12.8. The lowest BCUT2D eigenvalue weighted by Gasteiger charge is -2.18. The van der Waals surface area contributed by atoms with Crippen molar-refractivity contribution in [2.45, 2.75) is 59.9 Å². The van der Waals surface area contributed by atoms with Gasteiger partial charge in [0.1, 0.15) is 6.61 Å². The van der Waals surface area contributed by atoms with Crippen molar-refractivity contribution in [3.05, 3.63) is 64.5 Å². The number of hydrogen-bond donors (Lipinski definition) is 1. The summed E-state index contributed by atoms with van der Waals surface area (Å²) in [6, 6.07) is 6.03. The van der Waals surface area contributed by atoms with Gasteiger partial charge in [-0.1, -0.05) is 49.3 Å². The standard InChI is InChI=1S/C27H38N2O3/c1-7-9-17-29-24-19-22(28-16-15-21(5)12-10-11-20(3)4)13-14-23(24)25(31-6)26(27(29)30)32-18-8-2/h8,11,13-15,19,28H,2,7,9-10,12,16-18H2,1,3-6H3. The van der Waals surface area contributed by atoms with Crippen molar-refractivity contribution in [2.24, 2.45) is 0 Å². The van der Waals surface area contributed by atoms with E-state index >= 15 is 0 Å². The second-order valence-corrected chi connectivity index (χ2v) is 8.26. The number of fused-ring (bicyclic) bond motifs is 1. The first-order valence-corrected chi connectivity index (χ1v) is 11.4. The van der Waals surface area contributed by atoms with Crippen LogP contribution < -0.4 is 20.3 Å². The Balaban J connectivity index is 2.35. The number of pyridine rings is 1. The number of anilines is 1. The fourth-order valence-corrected chi connectivity index (χ4v) is 3.55. The van der Waals surface area contributed by atoms with Gasteiger partial charge in [-0.25, -0.2) is 0 Å². The first kappa shape index (κ1) is 25.3. The zero-order chi connectivity index (χ0) is 23.5. The normalized spacial score (nSPS) is 11.3. The second-order valence-electron chi connectivity index (χ2n) is 8.26. The van der Waals surface area contributed by atoms with Crippen LogP contribution in [0.25, 0.3) is 10.9 Å². The van der Waals surface area contributed by atoms with E-state index in [1.54, 1.807) is 17.8 Å². The third kappa shape index (κ3) is 6.78. The number of allylic oxidation sites excluding steroid dienone is 3. The van der Waals surface area contributed by atoms with Crippen molar-refractivity contribution in [3.63, 3.8) is 0 Å². The van der Waals surface area contributed by atoms with E-state index in [0.29, 0.717) is 12.3 Å². The van der Waals surface area contributed by atoms with E-state index in [1.165, 1.54) is 11.1 Å². The van der Waals surface area contributed by atoms with Crippen LogP contribution in [-0.2, 0) is 6.54 Å². The highest BCUT2D eigenvalue weighted by molar-refractivity contribution is 5.90. The third-order valence-corrected chi connectivity index (χ3v) is 5.31. The van der Waals surface area contributed by atoms with Gasteiger partial charge < -0.3 is 19.4 Å². The van der Waals surface area contributed by atoms with Crippen LogP contribution in [0.3, 0.4) is 0 Å². The highest BCUT2D eigenvalue weighted by Crippen LogP contribution is 2.34. The molecule has 0 amide bonds. The minimum Gasteiger partial charge on any atom is -0.492 e. The number of aromatic nitrogens is 1. The first-order chi connectivity index (χ1) is 15.4. The zero-order valence-electron chi connectivity index (χ0n) is 20.3. The third-order valence-electron chi connectivity index (χ3n) is 5.31. The van der Waals surface area contributed by atoms with Gasteiger partial charge in [-0.3, -0.25) is 4.79 Å². The molecule has 0 fully saturated rings. The van der Waals surface area contributed by atoms with Crippen molar-refractivity contribution >= 4 is 16.6 Å². The molecule has 32 heavy (non-hydrogen) atoms. The molecule has 0 radical (unpaired) electrons. The number of methoxy groups -OCH3 is 1. The summed E-state index contributed by atoms with van der Waals surface area (Å²) in [7, 11) is 1.57. The van der Waals surface area contributed by atoms with Gasteiger partial charge in [0.25, 0.3) is 5.56 Å². The van der Waals surface area contributed by atoms with Crippen LogP contribution in [0.2, 0.25) is 0 Å². The van der Waals surface area contributed by atoms with Crippen LogP contribution in [-0.4, -0.2) is 24.8 Å². The molecule has 0 saturated heterocycles. The molecule has 1 aromatic carbocycles. The van der Waals surface area contributed by atoms with Gasteiger partial charge in [-0.2, -0.15) is 0 Å². The van der Waals surface area contributed by atoms with Crippen LogP contribution in [0.1, 0.15) is 53.4 Å². The highest BCUT2D eigenvalue weighted by Gasteiger charge is 2.19. The van der Waals surface area contributed by atoms with Gasteiger partial charge in [0.2, 0.25) is 5.75 Å². The Bertz CT molecular complexity index is 1030. The lowest BCUT2D eigenvalue weighted by molar-refractivity contribution is 0.321. The molecule has 1 aromatic heterocycles. The summed E-state index contributed by atoms with van der Waals surface area (Å²) >= 11 is 0. The summed E-state index contributed by atoms with van der Waals surface area (Å²) in [6.07, 6.45) is 10.2. The van der Waals surface area contributed by atoms with E-state index in [4.69, 9.17) is 9.47 Å².